The van der Waals surface area contributed by atoms with E-state index >= 15 is 0 Å². The zero-order valence-corrected chi connectivity index (χ0v) is 7.82. The van der Waals surface area contributed by atoms with Gasteiger partial charge in [0.2, 0.25) is 0 Å². The summed E-state index contributed by atoms with van der Waals surface area (Å²) in [5.41, 5.74) is 0.242. The van der Waals surface area contributed by atoms with Crippen LogP contribution in [0.5, 0.6) is 0 Å². The molecular formula is C10H6ClNO2. The summed E-state index contributed by atoms with van der Waals surface area (Å²) in [5, 5.41) is 10.6. The smallest absolute Gasteiger partial charge is 0.336 e. The van der Waals surface area contributed by atoms with Crippen molar-refractivity contribution in [2.45, 2.75) is 0 Å². The van der Waals surface area contributed by atoms with Crippen molar-refractivity contribution in [2.75, 3.05) is 0 Å². The van der Waals surface area contributed by atoms with Crippen LogP contribution in [0.1, 0.15) is 10.4 Å². The summed E-state index contributed by atoms with van der Waals surface area (Å²) in [6.45, 7) is 0. The molecule has 2 rings (SSSR count). The molecule has 0 aliphatic carbocycles. The molecule has 0 unspecified atom stereocenters. The Kier molecular flexibility index (Phi) is 2.09. The number of nitrogens with zero attached hydrogens (tertiary/aromatic N) is 1. The van der Waals surface area contributed by atoms with E-state index in [1.165, 1.54) is 0 Å². The van der Waals surface area contributed by atoms with Crippen molar-refractivity contribution in [2.24, 2.45) is 0 Å². The molecule has 0 saturated carbocycles. The number of hydrogen-bond donors (Lipinski definition) is 1. The first-order chi connectivity index (χ1) is 6.68. The third kappa shape index (κ3) is 1.42. The molecule has 1 aromatic carbocycles. The number of aromatic carboxylic acids is 1. The van der Waals surface area contributed by atoms with Gasteiger partial charge in [-0.05, 0) is 12.1 Å². The van der Waals surface area contributed by atoms with Crippen molar-refractivity contribution in [1.29, 1.82) is 0 Å². The van der Waals surface area contributed by atoms with Crippen molar-refractivity contribution in [1.82, 2.24) is 4.98 Å². The van der Waals surface area contributed by atoms with Crippen LogP contribution in [0.25, 0.3) is 10.8 Å². The van der Waals surface area contributed by atoms with E-state index in [0.29, 0.717) is 10.5 Å². The van der Waals surface area contributed by atoms with E-state index in [0.717, 1.165) is 5.39 Å². The quantitative estimate of drug-likeness (QED) is 0.732. The maximum absolute atomic E-state index is 10.9. The molecule has 0 aliphatic rings. The van der Waals surface area contributed by atoms with E-state index in [1.807, 2.05) is 0 Å². The van der Waals surface area contributed by atoms with Gasteiger partial charge < -0.3 is 5.11 Å². The number of pyridine rings is 1. The SMILES string of the molecule is O=C(O)c1cccc2cnc(Cl)cc12. The summed E-state index contributed by atoms with van der Waals surface area (Å²) in [6.07, 6.45) is 1.56. The minimum Gasteiger partial charge on any atom is -0.478 e. The highest BCUT2D eigenvalue weighted by Crippen LogP contribution is 2.20. The number of halogens is 1. The van der Waals surface area contributed by atoms with Crippen molar-refractivity contribution in [3.05, 3.63) is 41.2 Å². The topological polar surface area (TPSA) is 50.2 Å². The molecule has 1 heterocycles. The number of benzene rings is 1. The molecule has 1 aromatic heterocycles. The van der Waals surface area contributed by atoms with Crippen LogP contribution >= 0.6 is 11.6 Å². The molecule has 2 aromatic rings. The third-order valence-electron chi connectivity index (χ3n) is 1.96. The van der Waals surface area contributed by atoms with Crippen molar-refractivity contribution in [3.8, 4) is 0 Å². The number of hydrogen-bond acceptors (Lipinski definition) is 2. The Labute approximate surface area is 85.0 Å². The fraction of sp³-hybridized carbons (Fsp3) is 0. The highest BCUT2D eigenvalue weighted by atomic mass is 35.5. The van der Waals surface area contributed by atoms with Crippen LogP contribution in [-0.4, -0.2) is 16.1 Å². The monoisotopic (exact) mass is 207 g/mol. The van der Waals surface area contributed by atoms with Crippen LogP contribution < -0.4 is 0 Å². The Morgan fingerprint density at radius 1 is 1.43 bits per heavy atom. The molecular weight excluding hydrogens is 202 g/mol. The zero-order chi connectivity index (χ0) is 10.1. The second-order valence-corrected chi connectivity index (χ2v) is 3.23. The Balaban J connectivity index is 2.84. The minimum absolute atomic E-state index is 0.242. The Morgan fingerprint density at radius 2 is 2.21 bits per heavy atom. The Bertz CT molecular complexity index is 510. The second-order valence-electron chi connectivity index (χ2n) is 2.84. The number of fused-ring (bicyclic) bond motifs is 1. The van der Waals surface area contributed by atoms with Gasteiger partial charge in [0.15, 0.2) is 0 Å². The van der Waals surface area contributed by atoms with E-state index in [1.54, 1.807) is 30.5 Å². The highest BCUT2D eigenvalue weighted by Gasteiger charge is 2.07. The third-order valence-corrected chi connectivity index (χ3v) is 2.17. The van der Waals surface area contributed by atoms with Gasteiger partial charge in [0.25, 0.3) is 0 Å². The molecule has 4 heteroatoms. The first kappa shape index (κ1) is 8.97. The van der Waals surface area contributed by atoms with E-state index < -0.39 is 5.97 Å². The van der Waals surface area contributed by atoms with Crippen LogP contribution in [0.4, 0.5) is 0 Å². The summed E-state index contributed by atoms with van der Waals surface area (Å²) in [7, 11) is 0. The van der Waals surface area contributed by atoms with Gasteiger partial charge in [-0.15, -0.1) is 0 Å². The van der Waals surface area contributed by atoms with Gasteiger partial charge in [-0.1, -0.05) is 23.7 Å². The molecule has 0 radical (unpaired) electrons. The van der Waals surface area contributed by atoms with Gasteiger partial charge in [-0.3, -0.25) is 0 Å². The maximum Gasteiger partial charge on any atom is 0.336 e. The summed E-state index contributed by atoms with van der Waals surface area (Å²) in [5.74, 6) is -0.960. The summed E-state index contributed by atoms with van der Waals surface area (Å²) < 4.78 is 0. The molecule has 0 saturated heterocycles. The van der Waals surface area contributed by atoms with Gasteiger partial charge in [0.05, 0.1) is 5.56 Å². The van der Waals surface area contributed by atoms with Crippen LogP contribution in [-0.2, 0) is 0 Å². The van der Waals surface area contributed by atoms with Crippen LogP contribution in [0.2, 0.25) is 5.15 Å². The zero-order valence-electron chi connectivity index (χ0n) is 7.07. The van der Waals surface area contributed by atoms with E-state index in [-0.39, 0.29) is 5.56 Å². The summed E-state index contributed by atoms with van der Waals surface area (Å²) >= 11 is 5.69. The lowest BCUT2D eigenvalue weighted by molar-refractivity contribution is 0.0699. The van der Waals surface area contributed by atoms with E-state index in [9.17, 15) is 4.79 Å². The minimum atomic E-state index is -0.960. The van der Waals surface area contributed by atoms with Gasteiger partial charge >= 0.3 is 5.97 Å². The van der Waals surface area contributed by atoms with Gasteiger partial charge in [-0.25, -0.2) is 9.78 Å². The molecule has 0 aliphatic heterocycles. The lowest BCUT2D eigenvalue weighted by Crippen LogP contribution is -1.97. The van der Waals surface area contributed by atoms with Crippen molar-refractivity contribution >= 4 is 28.3 Å². The average Bonchev–Trinajstić information content (AvgIpc) is 2.16. The van der Waals surface area contributed by atoms with E-state index in [2.05, 4.69) is 4.98 Å². The summed E-state index contributed by atoms with van der Waals surface area (Å²) in [4.78, 5) is 14.7. The molecule has 0 atom stereocenters. The second kappa shape index (κ2) is 3.27. The predicted molar refractivity (Wildman–Crippen MR) is 53.7 cm³/mol. The number of carboxylic acids is 1. The van der Waals surface area contributed by atoms with Crippen LogP contribution in [0.15, 0.2) is 30.5 Å². The number of aromatic nitrogens is 1. The molecule has 0 fully saturated rings. The first-order valence-corrected chi connectivity index (χ1v) is 4.34. The van der Waals surface area contributed by atoms with Crippen molar-refractivity contribution in [3.63, 3.8) is 0 Å². The molecule has 3 nitrogen and oxygen atoms in total. The number of rotatable bonds is 1. The fourth-order valence-corrected chi connectivity index (χ4v) is 1.49. The normalized spacial score (nSPS) is 10.4. The Morgan fingerprint density at radius 3 is 2.93 bits per heavy atom. The summed E-state index contributed by atoms with van der Waals surface area (Å²) in [6, 6.07) is 6.58. The van der Waals surface area contributed by atoms with Crippen molar-refractivity contribution < 1.29 is 9.90 Å². The lowest BCUT2D eigenvalue weighted by atomic mass is 10.1. The molecule has 14 heavy (non-hydrogen) atoms. The van der Waals surface area contributed by atoms with Gasteiger partial charge in [0, 0.05) is 17.0 Å². The van der Waals surface area contributed by atoms with E-state index in [4.69, 9.17) is 16.7 Å². The predicted octanol–water partition coefficient (Wildman–Crippen LogP) is 2.59. The molecule has 0 bridgehead atoms. The molecule has 70 valence electrons. The van der Waals surface area contributed by atoms with Crippen LogP contribution in [0, 0.1) is 0 Å². The van der Waals surface area contributed by atoms with Gasteiger partial charge in [-0.2, -0.15) is 0 Å². The number of carboxylic acid groups (broad SMARTS) is 1. The Hall–Kier alpha value is -1.61. The highest BCUT2D eigenvalue weighted by molar-refractivity contribution is 6.30. The fourth-order valence-electron chi connectivity index (χ4n) is 1.33. The average molecular weight is 208 g/mol. The number of carbonyl (C=O) groups is 1. The molecule has 0 amide bonds. The molecule has 0 spiro atoms. The largest absolute Gasteiger partial charge is 0.478 e. The lowest BCUT2D eigenvalue weighted by Gasteiger charge is -2.01. The van der Waals surface area contributed by atoms with Gasteiger partial charge in [0.1, 0.15) is 5.15 Å². The molecule has 1 N–H and O–H groups in total. The first-order valence-electron chi connectivity index (χ1n) is 3.96. The van der Waals surface area contributed by atoms with Crippen LogP contribution in [0.3, 0.4) is 0 Å². The maximum atomic E-state index is 10.9. The standard InChI is InChI=1S/C10H6ClNO2/c11-9-4-8-6(5-12-9)2-1-3-7(8)10(13)14/h1-5H,(H,13,14).